The third kappa shape index (κ3) is 4.23. The van der Waals surface area contributed by atoms with E-state index in [4.69, 9.17) is 11.6 Å². The fourth-order valence-electron chi connectivity index (χ4n) is 1.81. The summed E-state index contributed by atoms with van der Waals surface area (Å²) in [5, 5.41) is 6.49. The predicted molar refractivity (Wildman–Crippen MR) is 83.2 cm³/mol. The van der Waals surface area contributed by atoms with Crippen molar-refractivity contribution in [3.63, 3.8) is 0 Å². The summed E-state index contributed by atoms with van der Waals surface area (Å²) in [6.07, 6.45) is -2.27. The summed E-state index contributed by atoms with van der Waals surface area (Å²) >= 11 is 6.18. The second-order valence-electron chi connectivity index (χ2n) is 5.15. The summed E-state index contributed by atoms with van der Waals surface area (Å²) in [7, 11) is 1.78. The number of halogens is 3. The van der Waals surface area contributed by atoms with Crippen LogP contribution in [0.3, 0.4) is 0 Å². The zero-order valence-corrected chi connectivity index (χ0v) is 14.4. The molecule has 2 heterocycles. The minimum Gasteiger partial charge on any atom is -0.350 e. The van der Waals surface area contributed by atoms with E-state index >= 15 is 0 Å². The van der Waals surface area contributed by atoms with E-state index in [0.717, 1.165) is 11.6 Å². The van der Waals surface area contributed by atoms with Crippen LogP contribution < -0.4 is 5.32 Å². The van der Waals surface area contributed by atoms with Crippen LogP contribution in [0.1, 0.15) is 52.5 Å². The number of hydrogen-bond donors (Lipinski definition) is 1. The van der Waals surface area contributed by atoms with Crippen LogP contribution in [0.25, 0.3) is 0 Å². The lowest BCUT2D eigenvalue weighted by Gasteiger charge is -2.02. The molecule has 0 bridgehead atoms. The number of nitrogens with zero attached hydrogens (tertiary/aromatic N) is 4. The van der Waals surface area contributed by atoms with E-state index in [0.29, 0.717) is 24.3 Å². The van der Waals surface area contributed by atoms with Crippen molar-refractivity contribution < 1.29 is 13.6 Å². The van der Waals surface area contributed by atoms with Crippen LogP contribution in [0, 0.1) is 0 Å². The van der Waals surface area contributed by atoms with Crippen molar-refractivity contribution in [1.29, 1.82) is 0 Å². The van der Waals surface area contributed by atoms with E-state index < -0.39 is 17.2 Å². The highest BCUT2D eigenvalue weighted by molar-refractivity contribution is 7.14. The molecule has 0 aromatic carbocycles. The van der Waals surface area contributed by atoms with Crippen molar-refractivity contribution in [2.24, 2.45) is 7.05 Å². The maximum Gasteiger partial charge on any atom is 0.280 e. The highest BCUT2D eigenvalue weighted by Gasteiger charge is 2.21. The van der Waals surface area contributed by atoms with Crippen molar-refractivity contribution in [3.8, 4) is 0 Å². The molecular weight excluding hydrogens is 348 g/mol. The van der Waals surface area contributed by atoms with Gasteiger partial charge in [-0.05, 0) is 0 Å². The van der Waals surface area contributed by atoms with E-state index in [1.54, 1.807) is 11.7 Å². The van der Waals surface area contributed by atoms with Crippen LogP contribution in [0.5, 0.6) is 0 Å². The van der Waals surface area contributed by atoms with Crippen LogP contribution in [0.4, 0.5) is 8.78 Å². The number of thiazole rings is 1. The first-order valence-electron chi connectivity index (χ1n) is 6.92. The largest absolute Gasteiger partial charge is 0.350 e. The first-order chi connectivity index (χ1) is 10.8. The molecule has 0 radical (unpaired) electrons. The minimum absolute atomic E-state index is 0.0777. The highest BCUT2D eigenvalue weighted by Crippen LogP contribution is 2.32. The molecule has 0 fully saturated rings. The molecule has 6 nitrogen and oxygen atoms in total. The Morgan fingerprint density at radius 3 is 2.61 bits per heavy atom. The van der Waals surface area contributed by atoms with Gasteiger partial charge in [0.2, 0.25) is 0 Å². The van der Waals surface area contributed by atoms with Crippen LogP contribution in [-0.4, -0.2) is 32.2 Å². The lowest BCUT2D eigenvalue weighted by Crippen LogP contribution is -2.26. The number of carbonyl (C=O) groups excluding carboxylic acids is 1. The summed E-state index contributed by atoms with van der Waals surface area (Å²) in [5.41, 5.74) is 0. The molecule has 0 saturated carbocycles. The molecule has 0 spiro atoms. The molecule has 0 saturated heterocycles. The zero-order valence-electron chi connectivity index (χ0n) is 12.8. The number of aryl methyl sites for hydroxylation is 1. The molecule has 2 aromatic rings. The van der Waals surface area contributed by atoms with Gasteiger partial charge in [-0.25, -0.2) is 18.7 Å². The second kappa shape index (κ2) is 7.31. The Morgan fingerprint density at radius 1 is 1.39 bits per heavy atom. The van der Waals surface area contributed by atoms with Gasteiger partial charge in [-0.1, -0.05) is 25.4 Å². The van der Waals surface area contributed by atoms with Crippen molar-refractivity contribution >= 4 is 28.8 Å². The number of amides is 1. The van der Waals surface area contributed by atoms with Gasteiger partial charge in [0.15, 0.2) is 10.8 Å². The summed E-state index contributed by atoms with van der Waals surface area (Å²) < 4.78 is 26.9. The lowest BCUT2D eigenvalue weighted by atomic mass is 10.2. The predicted octanol–water partition coefficient (Wildman–Crippen LogP) is 2.96. The van der Waals surface area contributed by atoms with E-state index in [9.17, 15) is 13.6 Å². The molecule has 126 valence electrons. The Labute approximate surface area is 140 Å². The summed E-state index contributed by atoms with van der Waals surface area (Å²) in [4.78, 5) is 19.6. The maximum atomic E-state index is 12.6. The number of rotatable bonds is 6. The topological polar surface area (TPSA) is 72.7 Å². The van der Waals surface area contributed by atoms with E-state index in [-0.39, 0.29) is 16.1 Å². The Morgan fingerprint density at radius 2 is 2.09 bits per heavy atom. The summed E-state index contributed by atoms with van der Waals surface area (Å²) in [5.74, 6) is 1.16. The number of alkyl halides is 2. The Bertz CT molecular complexity index is 701. The van der Waals surface area contributed by atoms with Gasteiger partial charge in [-0.15, -0.1) is 11.3 Å². The molecule has 0 unspecified atom stereocenters. The third-order valence-corrected chi connectivity index (χ3v) is 4.48. The normalized spacial score (nSPS) is 11.5. The smallest absolute Gasteiger partial charge is 0.280 e. The standard InChI is InChI=1S/C13H16ClF2N5OS/c1-6(2)11-18-7(21(3)20-11)4-5-17-12(22)13-19-9(14)8(23-13)10(15)16/h6,10H,4-5H2,1-3H3,(H,17,22). The number of hydrogen-bond acceptors (Lipinski definition) is 5. The fourth-order valence-corrected chi connectivity index (χ4v) is 2.87. The molecule has 0 aliphatic heterocycles. The Balaban J connectivity index is 1.93. The Hall–Kier alpha value is -1.61. The SMILES string of the molecule is CC(C)c1nc(CCNC(=O)c2nc(Cl)c(C(F)F)s2)n(C)n1. The molecule has 0 atom stereocenters. The monoisotopic (exact) mass is 363 g/mol. The van der Waals surface area contributed by atoms with Gasteiger partial charge in [0.05, 0.1) is 0 Å². The van der Waals surface area contributed by atoms with Crippen LogP contribution in [0.2, 0.25) is 5.15 Å². The van der Waals surface area contributed by atoms with Crippen molar-refractivity contribution in [3.05, 3.63) is 26.7 Å². The maximum absolute atomic E-state index is 12.6. The van der Waals surface area contributed by atoms with Crippen LogP contribution >= 0.6 is 22.9 Å². The highest BCUT2D eigenvalue weighted by atomic mass is 35.5. The van der Waals surface area contributed by atoms with Crippen LogP contribution in [0.15, 0.2) is 0 Å². The van der Waals surface area contributed by atoms with Crippen LogP contribution in [-0.2, 0) is 13.5 Å². The van der Waals surface area contributed by atoms with E-state index in [1.807, 2.05) is 13.8 Å². The third-order valence-electron chi connectivity index (χ3n) is 3.02. The van der Waals surface area contributed by atoms with Gasteiger partial charge in [-0.3, -0.25) is 9.48 Å². The first kappa shape index (κ1) is 17.7. The Kier molecular flexibility index (Phi) is 5.64. The van der Waals surface area contributed by atoms with Crippen molar-refractivity contribution in [1.82, 2.24) is 25.1 Å². The van der Waals surface area contributed by atoms with Gasteiger partial charge in [0, 0.05) is 25.9 Å². The summed E-state index contributed by atoms with van der Waals surface area (Å²) in [6.45, 7) is 4.28. The first-order valence-corrected chi connectivity index (χ1v) is 8.11. The van der Waals surface area contributed by atoms with E-state index in [2.05, 4.69) is 20.4 Å². The number of carbonyl (C=O) groups is 1. The fraction of sp³-hybridized carbons (Fsp3) is 0.538. The molecule has 1 amide bonds. The summed E-state index contributed by atoms with van der Waals surface area (Å²) in [6, 6.07) is 0. The quantitative estimate of drug-likeness (QED) is 0.856. The minimum atomic E-state index is -2.74. The second-order valence-corrected chi connectivity index (χ2v) is 6.53. The molecule has 0 aliphatic carbocycles. The average molecular weight is 364 g/mol. The number of aromatic nitrogens is 4. The molecule has 2 rings (SSSR count). The van der Waals surface area contributed by atoms with Gasteiger partial charge in [-0.2, -0.15) is 5.10 Å². The van der Waals surface area contributed by atoms with Crippen molar-refractivity contribution in [2.45, 2.75) is 32.6 Å². The zero-order chi connectivity index (χ0) is 17.1. The molecular formula is C13H16ClF2N5OS. The molecule has 2 aromatic heterocycles. The average Bonchev–Trinajstić information content (AvgIpc) is 3.03. The molecule has 0 aliphatic rings. The molecule has 10 heteroatoms. The van der Waals surface area contributed by atoms with Crippen molar-refractivity contribution in [2.75, 3.05) is 6.54 Å². The molecule has 1 N–H and O–H groups in total. The van der Waals surface area contributed by atoms with Gasteiger partial charge >= 0.3 is 0 Å². The number of nitrogens with one attached hydrogen (secondary N) is 1. The molecule has 23 heavy (non-hydrogen) atoms. The van der Waals surface area contributed by atoms with E-state index in [1.165, 1.54) is 0 Å². The lowest BCUT2D eigenvalue weighted by molar-refractivity contribution is 0.0953. The van der Waals surface area contributed by atoms with Gasteiger partial charge in [0.25, 0.3) is 12.3 Å². The van der Waals surface area contributed by atoms with Gasteiger partial charge < -0.3 is 5.32 Å². The van der Waals surface area contributed by atoms with Gasteiger partial charge in [0.1, 0.15) is 15.9 Å².